The van der Waals surface area contributed by atoms with Gasteiger partial charge in [-0.15, -0.1) is 0 Å². The van der Waals surface area contributed by atoms with Crippen LogP contribution in [0.3, 0.4) is 0 Å². The highest BCUT2D eigenvalue weighted by Crippen LogP contribution is 2.25. The molecule has 0 radical (unpaired) electrons. The first-order chi connectivity index (χ1) is 10.9. The molecule has 0 aliphatic rings. The zero-order valence-corrected chi connectivity index (χ0v) is 14.7. The van der Waals surface area contributed by atoms with Crippen molar-refractivity contribution in [3.63, 3.8) is 0 Å². The maximum atomic E-state index is 4.70. The second-order valence-corrected chi connectivity index (χ2v) is 6.71. The fourth-order valence-electron chi connectivity index (χ4n) is 2.28. The summed E-state index contributed by atoms with van der Waals surface area (Å²) in [6.45, 7) is 8.70. The van der Waals surface area contributed by atoms with Gasteiger partial charge in [0.25, 0.3) is 0 Å². The highest BCUT2D eigenvalue weighted by molar-refractivity contribution is 6.00. The van der Waals surface area contributed by atoms with E-state index in [1.165, 1.54) is 11.3 Å². The highest BCUT2D eigenvalue weighted by Gasteiger charge is 2.20. The molecule has 0 saturated carbocycles. The van der Waals surface area contributed by atoms with Gasteiger partial charge in [0.15, 0.2) is 0 Å². The predicted molar refractivity (Wildman–Crippen MR) is 101 cm³/mol. The molecule has 0 aliphatic heterocycles. The van der Waals surface area contributed by atoms with E-state index in [-0.39, 0.29) is 5.54 Å². The van der Waals surface area contributed by atoms with E-state index in [1.807, 2.05) is 43.3 Å². The number of rotatable bonds is 4. The molecule has 23 heavy (non-hydrogen) atoms. The molecule has 120 valence electrons. The van der Waals surface area contributed by atoms with Gasteiger partial charge < -0.3 is 4.90 Å². The number of hydrogen-bond donors (Lipinski definition) is 0. The van der Waals surface area contributed by atoms with Crippen molar-refractivity contribution in [1.29, 1.82) is 0 Å². The first-order valence-corrected chi connectivity index (χ1v) is 7.99. The van der Waals surface area contributed by atoms with Crippen molar-refractivity contribution >= 4 is 17.1 Å². The summed E-state index contributed by atoms with van der Waals surface area (Å²) in [5.74, 6) is 0. The van der Waals surface area contributed by atoms with Crippen molar-refractivity contribution in [1.82, 2.24) is 4.90 Å². The molecule has 0 fully saturated rings. The van der Waals surface area contributed by atoms with Crippen molar-refractivity contribution in [3.05, 3.63) is 72.3 Å². The Kier molecular flexibility index (Phi) is 5.38. The van der Waals surface area contributed by atoms with Gasteiger partial charge in [-0.3, -0.25) is 4.99 Å². The number of benzene rings is 2. The van der Waals surface area contributed by atoms with Crippen LogP contribution in [0.1, 0.15) is 33.3 Å². The molecule has 2 aromatic carbocycles. The minimum atomic E-state index is 0.0364. The van der Waals surface area contributed by atoms with Crippen LogP contribution in [-0.4, -0.2) is 23.2 Å². The molecule has 0 aromatic heterocycles. The Hall–Kier alpha value is -2.35. The first kappa shape index (κ1) is 17.0. The Labute approximate surface area is 140 Å². The van der Waals surface area contributed by atoms with Crippen LogP contribution in [0.4, 0.5) is 5.69 Å². The summed E-state index contributed by atoms with van der Waals surface area (Å²) in [5.41, 5.74) is 4.38. The summed E-state index contributed by atoms with van der Waals surface area (Å²) in [4.78, 5) is 7.00. The van der Waals surface area contributed by atoms with Crippen LogP contribution >= 0.6 is 0 Å². The Morgan fingerprint density at radius 3 is 1.96 bits per heavy atom. The minimum Gasteiger partial charge on any atom is -0.369 e. The van der Waals surface area contributed by atoms with Gasteiger partial charge in [-0.05, 0) is 51.5 Å². The van der Waals surface area contributed by atoms with Crippen LogP contribution in [0.5, 0.6) is 0 Å². The molecular formula is C21H26N2. The third kappa shape index (κ3) is 4.82. The molecule has 0 heterocycles. The van der Waals surface area contributed by atoms with Gasteiger partial charge in [0.05, 0.1) is 5.69 Å². The lowest BCUT2D eigenvalue weighted by Crippen LogP contribution is -2.36. The highest BCUT2D eigenvalue weighted by atomic mass is 15.2. The summed E-state index contributed by atoms with van der Waals surface area (Å²) < 4.78 is 0. The van der Waals surface area contributed by atoms with E-state index in [9.17, 15) is 0 Å². The largest absolute Gasteiger partial charge is 0.369 e. The van der Waals surface area contributed by atoms with E-state index < -0.39 is 0 Å². The van der Waals surface area contributed by atoms with E-state index >= 15 is 0 Å². The van der Waals surface area contributed by atoms with Crippen LogP contribution in [0.15, 0.2) is 71.7 Å². The van der Waals surface area contributed by atoms with Crippen LogP contribution in [0.2, 0.25) is 0 Å². The molecule has 0 amide bonds. The molecular weight excluding hydrogens is 280 g/mol. The Morgan fingerprint density at radius 1 is 0.913 bits per heavy atom. The predicted octanol–water partition coefficient (Wildman–Crippen LogP) is 5.55. The molecule has 0 bridgehead atoms. The summed E-state index contributed by atoms with van der Waals surface area (Å²) in [6, 6.07) is 20.5. The molecule has 2 aromatic rings. The molecule has 2 heteroatoms. The monoisotopic (exact) mass is 306 g/mol. The Bertz CT molecular complexity index is 677. The number of para-hydroxylation sites is 1. The number of aliphatic imine (C=N–C) groups is 1. The molecule has 2 rings (SSSR count). The Balaban J connectivity index is 2.43. The van der Waals surface area contributed by atoms with Crippen molar-refractivity contribution in [2.24, 2.45) is 4.99 Å². The van der Waals surface area contributed by atoms with Crippen LogP contribution < -0.4 is 0 Å². The van der Waals surface area contributed by atoms with Crippen LogP contribution in [0, 0.1) is 0 Å². The maximum Gasteiger partial charge on any atom is 0.0632 e. The normalized spacial score (nSPS) is 13.1. The molecule has 0 N–H and O–H groups in total. The average molecular weight is 306 g/mol. The number of allylic oxidation sites excluding steroid dienone is 1. The Morgan fingerprint density at radius 2 is 1.43 bits per heavy atom. The van der Waals surface area contributed by atoms with Gasteiger partial charge in [-0.1, -0.05) is 48.5 Å². The van der Waals surface area contributed by atoms with Gasteiger partial charge in [-0.2, -0.15) is 0 Å². The molecule has 0 saturated heterocycles. The molecule has 0 aliphatic carbocycles. The van der Waals surface area contributed by atoms with E-state index in [0.717, 1.165) is 11.4 Å². The van der Waals surface area contributed by atoms with E-state index in [2.05, 4.69) is 63.1 Å². The SMILES string of the molecule is CC(/C=C(/c1ccccc1)N(C)C(C)(C)C)=Nc1ccccc1. The second kappa shape index (κ2) is 7.28. The average Bonchev–Trinajstić information content (AvgIpc) is 2.53. The van der Waals surface area contributed by atoms with Crippen molar-refractivity contribution in [2.45, 2.75) is 33.2 Å². The van der Waals surface area contributed by atoms with E-state index in [1.54, 1.807) is 0 Å². The minimum absolute atomic E-state index is 0.0364. The molecule has 2 nitrogen and oxygen atoms in total. The van der Waals surface area contributed by atoms with Gasteiger partial charge in [-0.25, -0.2) is 0 Å². The van der Waals surface area contributed by atoms with Gasteiger partial charge >= 0.3 is 0 Å². The quantitative estimate of drug-likeness (QED) is 0.676. The zero-order chi connectivity index (χ0) is 16.9. The number of nitrogens with zero attached hydrogens (tertiary/aromatic N) is 2. The van der Waals surface area contributed by atoms with Crippen LogP contribution in [-0.2, 0) is 0 Å². The molecule has 0 atom stereocenters. The lowest BCUT2D eigenvalue weighted by atomic mass is 10.0. The second-order valence-electron chi connectivity index (χ2n) is 6.71. The first-order valence-electron chi connectivity index (χ1n) is 7.99. The smallest absolute Gasteiger partial charge is 0.0632 e. The third-order valence-corrected chi connectivity index (χ3v) is 3.84. The number of hydrogen-bond acceptors (Lipinski definition) is 2. The van der Waals surface area contributed by atoms with Crippen LogP contribution in [0.25, 0.3) is 5.70 Å². The van der Waals surface area contributed by atoms with Crippen molar-refractivity contribution in [3.8, 4) is 0 Å². The van der Waals surface area contributed by atoms with Gasteiger partial charge in [0, 0.05) is 24.0 Å². The van der Waals surface area contributed by atoms with Crippen molar-refractivity contribution in [2.75, 3.05) is 7.05 Å². The van der Waals surface area contributed by atoms with Gasteiger partial charge in [0.2, 0.25) is 0 Å². The molecule has 0 unspecified atom stereocenters. The maximum absolute atomic E-state index is 4.70. The topological polar surface area (TPSA) is 15.6 Å². The molecule has 0 spiro atoms. The van der Waals surface area contributed by atoms with E-state index in [4.69, 9.17) is 4.99 Å². The summed E-state index contributed by atoms with van der Waals surface area (Å²) >= 11 is 0. The zero-order valence-electron chi connectivity index (χ0n) is 14.7. The fraction of sp³-hybridized carbons (Fsp3) is 0.286. The summed E-state index contributed by atoms with van der Waals surface area (Å²) in [7, 11) is 2.13. The van der Waals surface area contributed by atoms with E-state index in [0.29, 0.717) is 0 Å². The third-order valence-electron chi connectivity index (χ3n) is 3.84. The lowest BCUT2D eigenvalue weighted by Gasteiger charge is -2.36. The van der Waals surface area contributed by atoms with Crippen molar-refractivity contribution < 1.29 is 0 Å². The summed E-state index contributed by atoms with van der Waals surface area (Å²) in [6.07, 6.45) is 2.16. The lowest BCUT2D eigenvalue weighted by molar-refractivity contribution is 0.266. The standard InChI is InChI=1S/C21H26N2/c1-17(22-19-14-10-7-11-15-19)16-20(23(5)21(2,3)4)18-12-8-6-9-13-18/h6-16H,1-5H3/b20-16-,22-17?. The summed E-state index contributed by atoms with van der Waals surface area (Å²) in [5, 5.41) is 0. The fourth-order valence-corrected chi connectivity index (χ4v) is 2.28. The van der Waals surface area contributed by atoms with Gasteiger partial charge in [0.1, 0.15) is 0 Å².